The lowest BCUT2D eigenvalue weighted by Gasteiger charge is -2.45. The number of aromatic nitrogens is 5. The van der Waals surface area contributed by atoms with Crippen LogP contribution in [0.5, 0.6) is 0 Å². The van der Waals surface area contributed by atoms with Gasteiger partial charge in [-0.1, -0.05) is 0 Å². The standard InChI is InChI=1S/C32H43F2N9O2/c33-29(34)28-26(37-31(44)25-16-36-42-12-5-27(38-30(25)42)41-18-24-15-23(41)20-45-24)19-43(39-28)22-3-1-21(2-4-22)17-40-13-8-32(9-14-40)6-10-35-11-7-32/h5,12,16,19,21-24,29,35H,1-4,6-11,13-15,17-18,20H2,(H,37,44)/t21?,22?,23-,24-/m1/s1. The second-order valence-corrected chi connectivity index (χ2v) is 14.0. The number of carbonyl (C=O) groups is 1. The molecule has 1 saturated carbocycles. The van der Waals surface area contributed by atoms with Gasteiger partial charge in [0, 0.05) is 25.5 Å². The summed E-state index contributed by atoms with van der Waals surface area (Å²) in [5, 5.41) is 14.8. The van der Waals surface area contributed by atoms with Gasteiger partial charge in [-0.15, -0.1) is 0 Å². The van der Waals surface area contributed by atoms with E-state index in [0.717, 1.165) is 64.1 Å². The molecule has 0 aromatic carbocycles. The minimum Gasteiger partial charge on any atom is -0.374 e. The first-order chi connectivity index (χ1) is 21.9. The largest absolute Gasteiger partial charge is 0.374 e. The number of amides is 1. The van der Waals surface area contributed by atoms with Crippen LogP contribution in [0.1, 0.15) is 86.3 Å². The van der Waals surface area contributed by atoms with Crippen LogP contribution in [0.15, 0.2) is 24.7 Å². The molecular formula is C32H43F2N9O2. The smallest absolute Gasteiger partial charge is 0.284 e. The van der Waals surface area contributed by atoms with Crippen molar-refractivity contribution in [2.75, 3.05) is 56.1 Å². The van der Waals surface area contributed by atoms with Crippen LogP contribution in [0.25, 0.3) is 5.65 Å². The van der Waals surface area contributed by atoms with Gasteiger partial charge in [-0.05, 0) is 101 Å². The Morgan fingerprint density at radius 2 is 1.91 bits per heavy atom. The van der Waals surface area contributed by atoms with Gasteiger partial charge in [0.15, 0.2) is 11.3 Å². The summed E-state index contributed by atoms with van der Waals surface area (Å²) >= 11 is 0. The summed E-state index contributed by atoms with van der Waals surface area (Å²) in [6.07, 6.45) is 12.3. The van der Waals surface area contributed by atoms with Crippen LogP contribution in [-0.2, 0) is 4.74 Å². The van der Waals surface area contributed by atoms with Crippen LogP contribution in [0.3, 0.4) is 0 Å². The molecule has 7 heterocycles. The van der Waals surface area contributed by atoms with E-state index in [2.05, 4.69) is 30.6 Å². The summed E-state index contributed by atoms with van der Waals surface area (Å²) in [4.78, 5) is 23.0. The fraction of sp³-hybridized carbons (Fsp3) is 0.688. The first-order valence-electron chi connectivity index (χ1n) is 16.8. The summed E-state index contributed by atoms with van der Waals surface area (Å²) in [7, 11) is 0. The molecule has 1 aliphatic carbocycles. The van der Waals surface area contributed by atoms with E-state index in [-0.39, 0.29) is 29.4 Å². The second kappa shape index (κ2) is 11.9. The van der Waals surface area contributed by atoms with E-state index in [1.807, 2.05) is 6.07 Å². The number of nitrogens with zero attached hydrogens (tertiary/aromatic N) is 7. The topological polar surface area (TPSA) is 105 Å². The average Bonchev–Trinajstić information content (AvgIpc) is 3.87. The second-order valence-electron chi connectivity index (χ2n) is 14.0. The average molecular weight is 624 g/mol. The Morgan fingerprint density at radius 1 is 1.11 bits per heavy atom. The van der Waals surface area contributed by atoms with Crippen molar-refractivity contribution in [2.24, 2.45) is 11.3 Å². The summed E-state index contributed by atoms with van der Waals surface area (Å²) in [6, 6.07) is 2.20. The van der Waals surface area contributed by atoms with E-state index in [0.29, 0.717) is 23.6 Å². The zero-order chi connectivity index (χ0) is 30.5. The molecule has 5 aliphatic rings. The zero-order valence-electron chi connectivity index (χ0n) is 25.7. The molecule has 2 atom stereocenters. The Balaban J connectivity index is 0.905. The molecule has 5 fully saturated rings. The molecule has 11 nitrogen and oxygen atoms in total. The van der Waals surface area contributed by atoms with Gasteiger partial charge in [-0.25, -0.2) is 18.3 Å². The minimum absolute atomic E-state index is 0.0433. The van der Waals surface area contributed by atoms with Crippen LogP contribution >= 0.6 is 0 Å². The number of nitrogens with one attached hydrogen (secondary N) is 2. The third-order valence-corrected chi connectivity index (χ3v) is 11.3. The summed E-state index contributed by atoms with van der Waals surface area (Å²) in [6.45, 7) is 7.26. The van der Waals surface area contributed by atoms with Crippen molar-refractivity contribution in [3.63, 3.8) is 0 Å². The van der Waals surface area contributed by atoms with Gasteiger partial charge >= 0.3 is 0 Å². The van der Waals surface area contributed by atoms with Crippen molar-refractivity contribution < 1.29 is 18.3 Å². The quantitative estimate of drug-likeness (QED) is 0.402. The van der Waals surface area contributed by atoms with Crippen molar-refractivity contribution in [3.8, 4) is 0 Å². The SMILES string of the molecule is O=C(Nc1cn(C2CCC(CN3CCC4(CCNCC4)CC3)CC2)nc1C(F)F)c1cnn2ccc(N3C[C@H]4C[C@@H]3CO4)nc12. The van der Waals surface area contributed by atoms with E-state index in [1.165, 1.54) is 49.5 Å². The van der Waals surface area contributed by atoms with Gasteiger partial charge in [0.1, 0.15) is 11.4 Å². The van der Waals surface area contributed by atoms with Crippen molar-refractivity contribution in [1.82, 2.24) is 34.6 Å². The maximum Gasteiger partial charge on any atom is 0.284 e. The van der Waals surface area contributed by atoms with Crippen LogP contribution < -0.4 is 15.5 Å². The summed E-state index contributed by atoms with van der Waals surface area (Å²) in [5.74, 6) is 0.860. The Kier molecular flexibility index (Phi) is 7.73. The number of carbonyl (C=O) groups excluding carboxylic acids is 1. The Labute approximate surface area is 261 Å². The molecule has 0 unspecified atom stereocenters. The van der Waals surface area contributed by atoms with Crippen LogP contribution in [0.4, 0.5) is 20.3 Å². The molecule has 4 aliphatic heterocycles. The van der Waals surface area contributed by atoms with Crippen molar-refractivity contribution in [1.29, 1.82) is 0 Å². The van der Waals surface area contributed by atoms with Crippen molar-refractivity contribution in [2.45, 2.75) is 82.4 Å². The predicted molar refractivity (Wildman–Crippen MR) is 165 cm³/mol. The first-order valence-corrected chi connectivity index (χ1v) is 16.8. The van der Waals surface area contributed by atoms with E-state index in [4.69, 9.17) is 9.72 Å². The number of hydrogen-bond acceptors (Lipinski definition) is 8. The number of likely N-dealkylation sites (tertiary alicyclic amines) is 1. The van der Waals surface area contributed by atoms with E-state index >= 15 is 0 Å². The van der Waals surface area contributed by atoms with Gasteiger partial charge in [-0.3, -0.25) is 9.48 Å². The van der Waals surface area contributed by atoms with Gasteiger partial charge in [0.2, 0.25) is 0 Å². The fourth-order valence-corrected chi connectivity index (χ4v) is 8.52. The van der Waals surface area contributed by atoms with Gasteiger partial charge in [-0.2, -0.15) is 10.2 Å². The molecule has 3 aromatic rings. The van der Waals surface area contributed by atoms with Gasteiger partial charge < -0.3 is 25.2 Å². The number of piperidine rings is 2. The Morgan fingerprint density at radius 3 is 2.62 bits per heavy atom. The highest BCUT2D eigenvalue weighted by Crippen LogP contribution is 2.41. The minimum atomic E-state index is -2.80. The zero-order valence-corrected chi connectivity index (χ0v) is 25.7. The van der Waals surface area contributed by atoms with E-state index in [9.17, 15) is 13.6 Å². The maximum atomic E-state index is 14.1. The van der Waals surface area contributed by atoms with E-state index < -0.39 is 18.0 Å². The molecule has 8 rings (SSSR count). The number of alkyl halides is 2. The van der Waals surface area contributed by atoms with Gasteiger partial charge in [0.25, 0.3) is 12.3 Å². The summed E-state index contributed by atoms with van der Waals surface area (Å²) < 4.78 is 37.2. The number of anilines is 2. The number of hydrogen-bond donors (Lipinski definition) is 2. The van der Waals surface area contributed by atoms with Crippen LogP contribution in [0, 0.1) is 11.3 Å². The van der Waals surface area contributed by atoms with E-state index in [1.54, 1.807) is 17.1 Å². The number of rotatable bonds is 7. The molecule has 3 aromatic heterocycles. The molecular weight excluding hydrogens is 580 g/mol. The predicted octanol–water partition coefficient (Wildman–Crippen LogP) is 4.29. The highest BCUT2D eigenvalue weighted by Gasteiger charge is 2.40. The molecule has 45 heavy (non-hydrogen) atoms. The molecule has 0 radical (unpaired) electrons. The Bertz CT molecular complexity index is 1520. The molecule has 13 heteroatoms. The van der Waals surface area contributed by atoms with Gasteiger partial charge in [0.05, 0.1) is 36.7 Å². The highest BCUT2D eigenvalue weighted by molar-refractivity contribution is 6.08. The fourth-order valence-electron chi connectivity index (χ4n) is 8.52. The van der Waals surface area contributed by atoms with Crippen molar-refractivity contribution >= 4 is 23.1 Å². The first kappa shape index (κ1) is 29.3. The lowest BCUT2D eigenvalue weighted by Crippen LogP contribution is -2.46. The monoisotopic (exact) mass is 623 g/mol. The normalized spacial score (nSPS) is 28.5. The van der Waals surface area contributed by atoms with Crippen LogP contribution in [0.2, 0.25) is 0 Å². The van der Waals surface area contributed by atoms with Crippen LogP contribution in [-0.4, -0.2) is 93.2 Å². The van der Waals surface area contributed by atoms with Crippen molar-refractivity contribution in [3.05, 3.63) is 35.9 Å². The molecule has 4 saturated heterocycles. The number of morpholine rings is 1. The lowest BCUT2D eigenvalue weighted by molar-refractivity contribution is 0.0591. The molecule has 1 spiro atoms. The number of ether oxygens (including phenoxy) is 1. The maximum absolute atomic E-state index is 14.1. The molecule has 242 valence electrons. The molecule has 2 bridgehead atoms. The molecule has 1 amide bonds. The molecule has 2 N–H and O–H groups in total. The third kappa shape index (κ3) is 5.71. The Hall–Kier alpha value is -3.16. The lowest BCUT2D eigenvalue weighted by atomic mass is 9.71. The highest BCUT2D eigenvalue weighted by atomic mass is 19.3. The third-order valence-electron chi connectivity index (χ3n) is 11.3. The number of halogens is 2. The summed E-state index contributed by atoms with van der Waals surface area (Å²) in [5.41, 5.74) is 0.820. The number of fused-ring (bicyclic) bond motifs is 3.